The fraction of sp³-hybridized carbons (Fsp3) is 0.722. The fourth-order valence-electron chi connectivity index (χ4n) is 4.24. The normalized spacial score (nSPS) is 23.0. The largest absolute Gasteiger partial charge is 0.347 e. The zero-order valence-corrected chi connectivity index (χ0v) is 16.0. The van der Waals surface area contributed by atoms with Gasteiger partial charge in [-0.2, -0.15) is 4.52 Å². The number of piperidine rings is 1. The number of nitrogens with zero attached hydrogens (tertiary/aromatic N) is 5. The number of aryl methyl sites for hydroxylation is 1. The Hall–Kier alpha value is -1.47. The summed E-state index contributed by atoms with van der Waals surface area (Å²) >= 11 is 1.55. The number of aromatic nitrogens is 3. The minimum atomic E-state index is -0.0586. The summed E-state index contributed by atoms with van der Waals surface area (Å²) in [7, 11) is 0. The Morgan fingerprint density at radius 2 is 2.04 bits per heavy atom. The molecule has 2 saturated heterocycles. The topological polar surface area (TPSA) is 53.7 Å². The van der Waals surface area contributed by atoms with Crippen LogP contribution in [0.4, 0.5) is 5.13 Å². The molecular weight excluding hydrogens is 334 g/mol. The number of rotatable bonds is 4. The third-order valence-corrected chi connectivity index (χ3v) is 6.57. The van der Waals surface area contributed by atoms with Crippen LogP contribution in [-0.4, -0.2) is 51.2 Å². The summed E-state index contributed by atoms with van der Waals surface area (Å²) in [5.74, 6) is 0. The minimum Gasteiger partial charge on any atom is -0.347 e. The molecule has 0 radical (unpaired) electrons. The van der Waals surface area contributed by atoms with E-state index >= 15 is 0 Å². The van der Waals surface area contributed by atoms with Crippen LogP contribution in [0.3, 0.4) is 0 Å². The summed E-state index contributed by atoms with van der Waals surface area (Å²) in [6, 6.07) is 3.07. The van der Waals surface area contributed by atoms with E-state index in [9.17, 15) is 4.79 Å². The Kier molecular flexibility index (Phi) is 4.78. The number of anilines is 1. The molecule has 25 heavy (non-hydrogen) atoms. The summed E-state index contributed by atoms with van der Waals surface area (Å²) < 4.78 is 1.47. The van der Waals surface area contributed by atoms with Gasteiger partial charge < -0.3 is 4.90 Å². The lowest BCUT2D eigenvalue weighted by Gasteiger charge is -2.38. The third kappa shape index (κ3) is 3.31. The van der Waals surface area contributed by atoms with Crippen molar-refractivity contribution in [3.8, 4) is 0 Å². The minimum absolute atomic E-state index is 0.0586. The molecule has 0 saturated carbocycles. The van der Waals surface area contributed by atoms with Gasteiger partial charge in [0.1, 0.15) is 0 Å². The molecule has 0 amide bonds. The highest BCUT2D eigenvalue weighted by Crippen LogP contribution is 2.29. The van der Waals surface area contributed by atoms with Crippen molar-refractivity contribution in [2.24, 2.45) is 0 Å². The van der Waals surface area contributed by atoms with Crippen molar-refractivity contribution in [2.45, 2.75) is 64.5 Å². The standard InChI is InChI=1S/C18H27N5OS/c1-3-5-14-12-16(24)23-17(19-14)25-18(20-23)21-10-7-15(8-11-21)22-9-4-6-13(22)2/h12-13,15H,3-11H2,1-2H3. The van der Waals surface area contributed by atoms with E-state index < -0.39 is 0 Å². The first-order chi connectivity index (χ1) is 12.2. The second-order valence-electron chi connectivity index (χ2n) is 7.36. The molecule has 0 aliphatic carbocycles. The van der Waals surface area contributed by atoms with Crippen LogP contribution < -0.4 is 10.5 Å². The third-order valence-electron chi connectivity index (χ3n) is 5.60. The van der Waals surface area contributed by atoms with Crippen molar-refractivity contribution in [1.29, 1.82) is 0 Å². The van der Waals surface area contributed by atoms with Crippen LogP contribution in [0, 0.1) is 0 Å². The Morgan fingerprint density at radius 3 is 2.72 bits per heavy atom. The van der Waals surface area contributed by atoms with Crippen LogP contribution in [0.1, 0.15) is 51.6 Å². The van der Waals surface area contributed by atoms with Gasteiger partial charge in [0, 0.05) is 36.9 Å². The van der Waals surface area contributed by atoms with E-state index in [0.717, 1.165) is 47.8 Å². The van der Waals surface area contributed by atoms with E-state index in [2.05, 4.69) is 33.7 Å². The van der Waals surface area contributed by atoms with Crippen LogP contribution in [-0.2, 0) is 6.42 Å². The summed E-state index contributed by atoms with van der Waals surface area (Å²) in [4.78, 5) is 22.6. The van der Waals surface area contributed by atoms with Gasteiger partial charge in [-0.3, -0.25) is 9.69 Å². The highest BCUT2D eigenvalue weighted by atomic mass is 32.1. The van der Waals surface area contributed by atoms with Crippen LogP contribution in [0.25, 0.3) is 4.96 Å². The van der Waals surface area contributed by atoms with E-state index in [1.165, 1.54) is 36.7 Å². The lowest BCUT2D eigenvalue weighted by Crippen LogP contribution is -2.46. The molecule has 7 heteroatoms. The van der Waals surface area contributed by atoms with Crippen molar-refractivity contribution >= 4 is 21.4 Å². The molecule has 2 aliphatic heterocycles. The molecule has 136 valence electrons. The van der Waals surface area contributed by atoms with E-state index in [1.807, 2.05) is 0 Å². The van der Waals surface area contributed by atoms with Crippen molar-refractivity contribution in [2.75, 3.05) is 24.5 Å². The van der Waals surface area contributed by atoms with Crippen molar-refractivity contribution in [1.82, 2.24) is 19.5 Å². The first kappa shape index (κ1) is 17.0. The molecule has 4 rings (SSSR count). The molecule has 1 unspecified atom stereocenters. The Bertz CT molecular complexity index is 792. The maximum atomic E-state index is 12.3. The van der Waals surface area contributed by atoms with Gasteiger partial charge in [0.25, 0.3) is 5.56 Å². The van der Waals surface area contributed by atoms with Crippen LogP contribution >= 0.6 is 11.3 Å². The van der Waals surface area contributed by atoms with Gasteiger partial charge in [-0.25, -0.2) is 4.98 Å². The maximum absolute atomic E-state index is 12.3. The molecule has 4 heterocycles. The van der Waals surface area contributed by atoms with E-state index in [-0.39, 0.29) is 5.56 Å². The van der Waals surface area contributed by atoms with Gasteiger partial charge in [0.2, 0.25) is 10.1 Å². The zero-order valence-electron chi connectivity index (χ0n) is 15.1. The van der Waals surface area contributed by atoms with Gasteiger partial charge in [-0.05, 0) is 45.6 Å². The average molecular weight is 362 g/mol. The van der Waals surface area contributed by atoms with Crippen LogP contribution in [0.2, 0.25) is 0 Å². The van der Waals surface area contributed by atoms with Gasteiger partial charge >= 0.3 is 0 Å². The van der Waals surface area contributed by atoms with Crippen molar-refractivity contribution in [3.63, 3.8) is 0 Å². The Labute approximate surface area is 152 Å². The Balaban J connectivity index is 1.49. The highest BCUT2D eigenvalue weighted by molar-refractivity contribution is 7.20. The lowest BCUT2D eigenvalue weighted by molar-refractivity contribution is 0.163. The highest BCUT2D eigenvalue weighted by Gasteiger charge is 2.31. The predicted octanol–water partition coefficient (Wildman–Crippen LogP) is 2.56. The quantitative estimate of drug-likeness (QED) is 0.838. The molecule has 1 atom stereocenters. The molecule has 2 aromatic heterocycles. The lowest BCUT2D eigenvalue weighted by atomic mass is 10.0. The zero-order chi connectivity index (χ0) is 17.4. The summed E-state index contributed by atoms with van der Waals surface area (Å²) in [6.45, 7) is 7.76. The molecule has 6 nitrogen and oxygen atoms in total. The average Bonchev–Trinajstić information content (AvgIpc) is 3.22. The summed E-state index contributed by atoms with van der Waals surface area (Å²) in [5.41, 5.74) is 0.821. The second kappa shape index (κ2) is 7.03. The van der Waals surface area contributed by atoms with E-state index in [4.69, 9.17) is 0 Å². The number of likely N-dealkylation sites (tertiary alicyclic amines) is 1. The molecule has 0 N–H and O–H groups in total. The van der Waals surface area contributed by atoms with Crippen LogP contribution in [0.5, 0.6) is 0 Å². The maximum Gasteiger partial charge on any atom is 0.275 e. The van der Waals surface area contributed by atoms with Gasteiger partial charge in [-0.15, -0.1) is 5.10 Å². The van der Waals surface area contributed by atoms with Crippen molar-refractivity contribution in [3.05, 3.63) is 22.1 Å². The smallest absolute Gasteiger partial charge is 0.275 e. The summed E-state index contributed by atoms with van der Waals surface area (Å²) in [5, 5.41) is 5.48. The summed E-state index contributed by atoms with van der Waals surface area (Å²) in [6.07, 6.45) is 6.89. The molecule has 2 fully saturated rings. The van der Waals surface area contributed by atoms with Gasteiger partial charge in [0.05, 0.1) is 0 Å². The van der Waals surface area contributed by atoms with Crippen molar-refractivity contribution < 1.29 is 0 Å². The molecule has 0 bridgehead atoms. The predicted molar refractivity (Wildman–Crippen MR) is 102 cm³/mol. The van der Waals surface area contributed by atoms with Crippen LogP contribution in [0.15, 0.2) is 10.9 Å². The second-order valence-corrected chi connectivity index (χ2v) is 8.30. The SMILES string of the molecule is CCCc1cc(=O)n2nc(N3CCC(N4CCCC4C)CC3)sc2n1. The number of hydrogen-bond donors (Lipinski definition) is 0. The molecular formula is C18H27N5OS. The molecule has 0 aromatic carbocycles. The monoisotopic (exact) mass is 361 g/mol. The first-order valence-electron chi connectivity index (χ1n) is 9.56. The molecule has 2 aromatic rings. The van der Waals surface area contributed by atoms with Gasteiger partial charge in [0.15, 0.2) is 0 Å². The Morgan fingerprint density at radius 1 is 1.24 bits per heavy atom. The van der Waals surface area contributed by atoms with Gasteiger partial charge in [-0.1, -0.05) is 24.7 Å². The van der Waals surface area contributed by atoms with E-state index in [1.54, 1.807) is 17.4 Å². The number of hydrogen-bond acceptors (Lipinski definition) is 6. The number of fused-ring (bicyclic) bond motifs is 1. The first-order valence-corrected chi connectivity index (χ1v) is 10.4. The molecule has 2 aliphatic rings. The fourth-order valence-corrected chi connectivity index (χ4v) is 5.22. The molecule has 0 spiro atoms. The van der Waals surface area contributed by atoms with E-state index in [0.29, 0.717) is 6.04 Å².